The third-order valence-corrected chi connectivity index (χ3v) is 4.85. The van der Waals surface area contributed by atoms with Crippen molar-refractivity contribution >= 4 is 22.5 Å². The maximum Gasteiger partial charge on any atom is 0.292 e. The van der Waals surface area contributed by atoms with Gasteiger partial charge in [0.1, 0.15) is 5.82 Å². The first kappa shape index (κ1) is 14.0. The van der Waals surface area contributed by atoms with Gasteiger partial charge in [-0.05, 0) is 24.3 Å². The van der Waals surface area contributed by atoms with Crippen molar-refractivity contribution in [1.82, 2.24) is 9.78 Å². The summed E-state index contributed by atoms with van der Waals surface area (Å²) in [5.74, 6) is 1.24. The highest BCUT2D eigenvalue weighted by Crippen LogP contribution is 2.31. The molecule has 2 aromatic heterocycles. The molecule has 4 rings (SSSR count). The van der Waals surface area contributed by atoms with Gasteiger partial charge in [0.2, 0.25) is 0 Å². The monoisotopic (exact) mass is 327 g/mol. The van der Waals surface area contributed by atoms with E-state index in [-0.39, 0.29) is 11.7 Å². The molecule has 23 heavy (non-hydrogen) atoms. The SMILES string of the molecule is O=C(Nc1c2c(nn1-c1ccccc1)C[S@@](=O)C2)c1ccco1. The van der Waals surface area contributed by atoms with Crippen LogP contribution in [-0.2, 0) is 22.3 Å². The molecular formula is C16H13N3O3S. The van der Waals surface area contributed by atoms with Gasteiger partial charge in [0.15, 0.2) is 5.76 Å². The average Bonchev–Trinajstić information content (AvgIpc) is 3.26. The number of fused-ring (bicyclic) bond motifs is 1. The van der Waals surface area contributed by atoms with Crippen molar-refractivity contribution in [3.63, 3.8) is 0 Å². The number of anilines is 1. The Labute approximate surface area is 134 Å². The van der Waals surface area contributed by atoms with Crippen LogP contribution in [0.5, 0.6) is 0 Å². The van der Waals surface area contributed by atoms with Crippen LogP contribution in [0.15, 0.2) is 53.1 Å². The van der Waals surface area contributed by atoms with Crippen LogP contribution in [0.25, 0.3) is 5.69 Å². The molecule has 0 unspecified atom stereocenters. The van der Waals surface area contributed by atoms with Crippen LogP contribution in [0.1, 0.15) is 21.8 Å². The van der Waals surface area contributed by atoms with E-state index >= 15 is 0 Å². The van der Waals surface area contributed by atoms with E-state index in [1.165, 1.54) is 6.26 Å². The molecule has 1 atom stereocenters. The molecule has 1 N–H and O–H groups in total. The normalized spacial score (nSPS) is 16.3. The fourth-order valence-electron chi connectivity index (χ4n) is 2.59. The molecule has 0 aliphatic carbocycles. The maximum absolute atomic E-state index is 12.3. The fraction of sp³-hybridized carbons (Fsp3) is 0.125. The quantitative estimate of drug-likeness (QED) is 0.802. The molecule has 1 aliphatic rings. The molecule has 0 fully saturated rings. The number of nitrogens with one attached hydrogen (secondary N) is 1. The van der Waals surface area contributed by atoms with Crippen molar-refractivity contribution in [3.05, 3.63) is 65.7 Å². The number of carbonyl (C=O) groups is 1. The summed E-state index contributed by atoms with van der Waals surface area (Å²) in [4.78, 5) is 12.3. The van der Waals surface area contributed by atoms with Crippen molar-refractivity contribution in [2.75, 3.05) is 5.32 Å². The van der Waals surface area contributed by atoms with Crippen molar-refractivity contribution in [2.24, 2.45) is 0 Å². The average molecular weight is 327 g/mol. The largest absolute Gasteiger partial charge is 0.459 e. The highest BCUT2D eigenvalue weighted by Gasteiger charge is 2.28. The summed E-state index contributed by atoms with van der Waals surface area (Å²) in [6.45, 7) is 0. The van der Waals surface area contributed by atoms with Gasteiger partial charge in [-0.2, -0.15) is 5.10 Å². The predicted molar refractivity (Wildman–Crippen MR) is 85.8 cm³/mol. The predicted octanol–water partition coefficient (Wildman–Crippen LogP) is 2.48. The number of hydrogen-bond acceptors (Lipinski definition) is 4. The number of aromatic nitrogens is 2. The van der Waals surface area contributed by atoms with E-state index in [0.29, 0.717) is 17.3 Å². The van der Waals surface area contributed by atoms with Gasteiger partial charge in [-0.15, -0.1) is 0 Å². The summed E-state index contributed by atoms with van der Waals surface area (Å²) in [6.07, 6.45) is 1.45. The molecule has 1 aliphatic heterocycles. The molecule has 1 aromatic carbocycles. The van der Waals surface area contributed by atoms with E-state index in [1.54, 1.807) is 16.8 Å². The highest BCUT2D eigenvalue weighted by molar-refractivity contribution is 7.83. The molecule has 0 radical (unpaired) electrons. The van der Waals surface area contributed by atoms with Crippen LogP contribution in [0.2, 0.25) is 0 Å². The second kappa shape index (κ2) is 5.51. The minimum Gasteiger partial charge on any atom is -0.459 e. The Hall–Kier alpha value is -2.67. The lowest BCUT2D eigenvalue weighted by molar-refractivity contribution is 0.0996. The fourth-order valence-corrected chi connectivity index (χ4v) is 3.85. The second-order valence-electron chi connectivity index (χ2n) is 5.18. The molecule has 3 aromatic rings. The molecule has 6 nitrogen and oxygen atoms in total. The number of para-hydroxylation sites is 1. The second-order valence-corrected chi connectivity index (χ2v) is 6.64. The first-order chi connectivity index (χ1) is 11.2. The van der Waals surface area contributed by atoms with Crippen molar-refractivity contribution in [1.29, 1.82) is 0 Å². The van der Waals surface area contributed by atoms with E-state index in [4.69, 9.17) is 4.42 Å². The Bertz CT molecular complexity index is 885. The molecule has 116 valence electrons. The Balaban J connectivity index is 1.77. The lowest BCUT2D eigenvalue weighted by Crippen LogP contribution is -2.16. The van der Waals surface area contributed by atoms with Gasteiger partial charge in [0.05, 0.1) is 29.2 Å². The third kappa shape index (κ3) is 2.49. The lowest BCUT2D eigenvalue weighted by atomic mass is 10.2. The van der Waals surface area contributed by atoms with Gasteiger partial charge >= 0.3 is 0 Å². The van der Waals surface area contributed by atoms with Gasteiger partial charge in [-0.3, -0.25) is 9.00 Å². The Morgan fingerprint density at radius 3 is 2.74 bits per heavy atom. The zero-order valence-electron chi connectivity index (χ0n) is 12.1. The van der Waals surface area contributed by atoms with Crippen LogP contribution >= 0.6 is 0 Å². The molecular weight excluding hydrogens is 314 g/mol. The molecule has 0 saturated carbocycles. The summed E-state index contributed by atoms with van der Waals surface area (Å²) >= 11 is 0. The molecule has 0 bridgehead atoms. The zero-order chi connectivity index (χ0) is 15.8. The van der Waals surface area contributed by atoms with E-state index < -0.39 is 10.8 Å². The van der Waals surface area contributed by atoms with Gasteiger partial charge in [0.25, 0.3) is 5.91 Å². The standard InChI is InChI=1S/C16H13N3O3S/c20-16(14-7-4-8-22-14)17-15-12-9-23(21)10-13(12)18-19(15)11-5-2-1-3-6-11/h1-8H,9-10H2,(H,17,20)/t23-/m0/s1. The van der Waals surface area contributed by atoms with Crippen LogP contribution in [0, 0.1) is 0 Å². The molecule has 0 spiro atoms. The summed E-state index contributed by atoms with van der Waals surface area (Å²) in [5, 5.41) is 7.37. The van der Waals surface area contributed by atoms with Crippen molar-refractivity contribution in [3.8, 4) is 5.69 Å². The molecule has 1 amide bonds. The van der Waals surface area contributed by atoms with E-state index in [9.17, 15) is 9.00 Å². The third-order valence-electron chi connectivity index (χ3n) is 3.65. The minimum atomic E-state index is -0.965. The first-order valence-electron chi connectivity index (χ1n) is 7.08. The van der Waals surface area contributed by atoms with Gasteiger partial charge in [0, 0.05) is 16.4 Å². The minimum absolute atomic E-state index is 0.221. The van der Waals surface area contributed by atoms with Crippen LogP contribution in [-0.4, -0.2) is 19.9 Å². The van der Waals surface area contributed by atoms with Crippen LogP contribution in [0.3, 0.4) is 0 Å². The van der Waals surface area contributed by atoms with Gasteiger partial charge in [-0.25, -0.2) is 4.68 Å². The number of amides is 1. The molecule has 3 heterocycles. The van der Waals surface area contributed by atoms with Crippen molar-refractivity contribution in [2.45, 2.75) is 11.5 Å². The smallest absolute Gasteiger partial charge is 0.292 e. The van der Waals surface area contributed by atoms with E-state index in [0.717, 1.165) is 16.9 Å². The molecule has 7 heteroatoms. The molecule has 0 saturated heterocycles. The number of nitrogens with zero attached hydrogens (tertiary/aromatic N) is 2. The summed E-state index contributed by atoms with van der Waals surface area (Å²) in [6, 6.07) is 12.8. The summed E-state index contributed by atoms with van der Waals surface area (Å²) in [5.41, 5.74) is 2.43. The van der Waals surface area contributed by atoms with Gasteiger partial charge in [-0.1, -0.05) is 18.2 Å². The number of furan rings is 1. The number of benzene rings is 1. The number of hydrogen-bond donors (Lipinski definition) is 1. The first-order valence-corrected chi connectivity index (χ1v) is 8.57. The van der Waals surface area contributed by atoms with Crippen molar-refractivity contribution < 1.29 is 13.4 Å². The number of carbonyl (C=O) groups excluding carboxylic acids is 1. The zero-order valence-corrected chi connectivity index (χ0v) is 12.9. The summed E-state index contributed by atoms with van der Waals surface area (Å²) < 4.78 is 18.6. The van der Waals surface area contributed by atoms with E-state index in [1.807, 2.05) is 30.3 Å². The topological polar surface area (TPSA) is 77.1 Å². The Morgan fingerprint density at radius 1 is 1.17 bits per heavy atom. The lowest BCUT2D eigenvalue weighted by Gasteiger charge is -2.10. The Morgan fingerprint density at radius 2 is 2.00 bits per heavy atom. The van der Waals surface area contributed by atoms with Gasteiger partial charge < -0.3 is 9.73 Å². The van der Waals surface area contributed by atoms with Crippen LogP contribution in [0.4, 0.5) is 5.82 Å². The van der Waals surface area contributed by atoms with Crippen LogP contribution < -0.4 is 5.32 Å². The Kier molecular flexibility index (Phi) is 3.34. The maximum atomic E-state index is 12.3. The number of rotatable bonds is 3. The highest BCUT2D eigenvalue weighted by atomic mass is 32.2. The van der Waals surface area contributed by atoms with E-state index in [2.05, 4.69) is 10.4 Å². The summed E-state index contributed by atoms with van der Waals surface area (Å²) in [7, 11) is -0.965.